The second-order valence-electron chi connectivity index (χ2n) is 6.50. The summed E-state index contributed by atoms with van der Waals surface area (Å²) in [4.78, 5) is 0. The number of benzene rings is 1. The lowest BCUT2D eigenvalue weighted by Crippen LogP contribution is -2.08. The van der Waals surface area contributed by atoms with Gasteiger partial charge in [0.15, 0.2) is 0 Å². The molecule has 0 fully saturated rings. The van der Waals surface area contributed by atoms with Crippen molar-refractivity contribution >= 4 is 11.1 Å². The summed E-state index contributed by atoms with van der Waals surface area (Å²) in [5.74, 6) is 0. The summed E-state index contributed by atoms with van der Waals surface area (Å²) in [5, 5.41) is 0. The lowest BCUT2D eigenvalue weighted by Gasteiger charge is -2.08. The van der Waals surface area contributed by atoms with Crippen molar-refractivity contribution in [2.75, 3.05) is 39.6 Å². The lowest BCUT2D eigenvalue weighted by atomic mass is 10.0. The van der Waals surface area contributed by atoms with Gasteiger partial charge in [0.1, 0.15) is 6.61 Å². The van der Waals surface area contributed by atoms with E-state index in [0.717, 1.165) is 54.7 Å². The van der Waals surface area contributed by atoms with E-state index >= 15 is 0 Å². The average Bonchev–Trinajstić information content (AvgIpc) is 2.69. The van der Waals surface area contributed by atoms with Gasteiger partial charge in [0.05, 0.1) is 39.0 Å². The number of unbranched alkanes of at least 4 members (excludes halogenated alkanes) is 1. The Morgan fingerprint density at radius 1 is 0.741 bits per heavy atom. The molecule has 0 saturated heterocycles. The molecule has 0 aliphatic carbocycles. The molecule has 0 amide bonds. The van der Waals surface area contributed by atoms with Gasteiger partial charge in [0, 0.05) is 6.61 Å². The van der Waals surface area contributed by atoms with Gasteiger partial charge in [-0.15, -0.1) is 0 Å². The Morgan fingerprint density at radius 3 is 1.89 bits per heavy atom. The first-order valence-corrected chi connectivity index (χ1v) is 10.0. The largest absolute Gasteiger partial charge is 0.501 e. The third-order valence-corrected chi connectivity index (χ3v) is 3.98. The molecule has 0 atom stereocenters. The topological polar surface area (TPSA) is 36.9 Å². The third kappa shape index (κ3) is 10.8. The fourth-order valence-corrected chi connectivity index (χ4v) is 2.31. The van der Waals surface area contributed by atoms with Crippen LogP contribution in [0.5, 0.6) is 0 Å². The first kappa shape index (κ1) is 23.3. The predicted molar refractivity (Wildman–Crippen MR) is 112 cm³/mol. The van der Waals surface area contributed by atoms with Gasteiger partial charge in [-0.1, -0.05) is 38.5 Å². The zero-order valence-electron chi connectivity index (χ0n) is 17.5. The zero-order chi connectivity index (χ0) is 19.7. The van der Waals surface area contributed by atoms with Crippen molar-refractivity contribution in [1.29, 1.82) is 0 Å². The van der Waals surface area contributed by atoms with Crippen LogP contribution in [0.15, 0.2) is 36.8 Å². The molecule has 0 aromatic heterocycles. The smallest absolute Gasteiger partial charge is 0.111 e. The minimum Gasteiger partial charge on any atom is -0.501 e. The molecular weight excluding hydrogens is 340 g/mol. The average molecular weight is 377 g/mol. The normalized spacial score (nSPS) is 12.3. The van der Waals surface area contributed by atoms with Crippen LogP contribution in [0.4, 0.5) is 0 Å². The van der Waals surface area contributed by atoms with Gasteiger partial charge in [-0.2, -0.15) is 0 Å². The number of rotatable bonds is 15. The summed E-state index contributed by atoms with van der Waals surface area (Å²) in [5.41, 5.74) is 4.51. The molecule has 0 radical (unpaired) electrons. The molecule has 27 heavy (non-hydrogen) atoms. The Kier molecular flexibility index (Phi) is 13.2. The number of hydrogen-bond donors (Lipinski definition) is 0. The molecular formula is C23H36O4. The van der Waals surface area contributed by atoms with Crippen molar-refractivity contribution in [3.05, 3.63) is 47.9 Å². The first-order chi connectivity index (χ1) is 13.2. The molecule has 152 valence electrons. The van der Waals surface area contributed by atoms with E-state index in [1.165, 1.54) is 0 Å². The molecule has 4 heteroatoms. The quantitative estimate of drug-likeness (QED) is 0.291. The number of hydrogen-bond acceptors (Lipinski definition) is 4. The van der Waals surface area contributed by atoms with Crippen LogP contribution >= 0.6 is 0 Å². The van der Waals surface area contributed by atoms with E-state index in [-0.39, 0.29) is 0 Å². The van der Waals surface area contributed by atoms with Crippen molar-refractivity contribution in [3.8, 4) is 0 Å². The summed E-state index contributed by atoms with van der Waals surface area (Å²) in [6.07, 6.45) is 6.91. The maximum absolute atomic E-state index is 5.60. The Morgan fingerprint density at radius 2 is 1.30 bits per heavy atom. The lowest BCUT2D eigenvalue weighted by molar-refractivity contribution is 0.0309. The summed E-state index contributed by atoms with van der Waals surface area (Å²) in [7, 11) is 0. The molecule has 0 N–H and O–H groups in total. The van der Waals surface area contributed by atoms with Crippen LogP contribution in [-0.4, -0.2) is 39.6 Å². The highest BCUT2D eigenvalue weighted by atomic mass is 16.5. The predicted octanol–water partition coefficient (Wildman–Crippen LogP) is 5.68. The van der Waals surface area contributed by atoms with Crippen LogP contribution in [0.25, 0.3) is 11.1 Å². The van der Waals surface area contributed by atoms with Crippen molar-refractivity contribution in [3.63, 3.8) is 0 Å². The van der Waals surface area contributed by atoms with Crippen molar-refractivity contribution < 1.29 is 18.9 Å². The highest BCUT2D eigenvalue weighted by Gasteiger charge is 2.01. The van der Waals surface area contributed by atoms with Gasteiger partial charge < -0.3 is 18.9 Å². The fourth-order valence-electron chi connectivity index (χ4n) is 2.31. The summed E-state index contributed by atoms with van der Waals surface area (Å²) in [6, 6.07) is 8.41. The van der Waals surface area contributed by atoms with E-state index in [4.69, 9.17) is 18.9 Å². The molecule has 1 aromatic carbocycles. The van der Waals surface area contributed by atoms with Gasteiger partial charge in [0.2, 0.25) is 0 Å². The Bertz CT molecular complexity index is 563. The molecule has 1 rings (SSSR count). The van der Waals surface area contributed by atoms with Crippen LogP contribution in [0.2, 0.25) is 0 Å². The third-order valence-electron chi connectivity index (χ3n) is 3.98. The maximum atomic E-state index is 5.60. The van der Waals surface area contributed by atoms with Crippen LogP contribution in [0.3, 0.4) is 0 Å². The van der Waals surface area contributed by atoms with E-state index < -0.39 is 0 Å². The van der Waals surface area contributed by atoms with E-state index in [0.29, 0.717) is 26.4 Å². The zero-order valence-corrected chi connectivity index (χ0v) is 17.5. The van der Waals surface area contributed by atoms with E-state index in [1.807, 2.05) is 6.26 Å². The number of allylic oxidation sites excluding steroid dienone is 2. The van der Waals surface area contributed by atoms with Gasteiger partial charge in [0.25, 0.3) is 0 Å². The van der Waals surface area contributed by atoms with Gasteiger partial charge in [-0.3, -0.25) is 0 Å². The Balaban J connectivity index is 2.39. The van der Waals surface area contributed by atoms with Crippen molar-refractivity contribution in [2.45, 2.75) is 47.0 Å². The molecule has 0 aliphatic heterocycles. The molecule has 0 heterocycles. The second kappa shape index (κ2) is 15.3. The molecule has 4 nitrogen and oxygen atoms in total. The summed E-state index contributed by atoms with van der Waals surface area (Å²) >= 11 is 0. The van der Waals surface area contributed by atoms with Gasteiger partial charge in [-0.25, -0.2) is 0 Å². The standard InChI is InChI=1S/C23H36O4/c1-5-7-12-26-18-20(3)22-9-8-10-23(17-22)21(4)19-27-16-15-25-14-13-24-11-6-2/h8-10,17-19H,5-7,11-16H2,1-4H3. The van der Waals surface area contributed by atoms with Crippen LogP contribution in [-0.2, 0) is 18.9 Å². The minimum atomic E-state index is 0.537. The second-order valence-corrected chi connectivity index (χ2v) is 6.50. The monoisotopic (exact) mass is 376 g/mol. The van der Waals surface area contributed by atoms with E-state index in [9.17, 15) is 0 Å². The molecule has 0 unspecified atom stereocenters. The minimum absolute atomic E-state index is 0.537. The first-order valence-electron chi connectivity index (χ1n) is 10.0. The molecule has 0 spiro atoms. The van der Waals surface area contributed by atoms with E-state index in [2.05, 4.69) is 52.0 Å². The van der Waals surface area contributed by atoms with E-state index in [1.54, 1.807) is 6.26 Å². The highest BCUT2D eigenvalue weighted by Crippen LogP contribution is 2.20. The Labute approximate surface area is 165 Å². The molecule has 1 aromatic rings. The molecule has 0 bridgehead atoms. The maximum Gasteiger partial charge on any atom is 0.111 e. The van der Waals surface area contributed by atoms with Crippen molar-refractivity contribution in [1.82, 2.24) is 0 Å². The Hall–Kier alpha value is -1.78. The fraction of sp³-hybridized carbons (Fsp3) is 0.565. The molecule has 0 aliphatic rings. The summed E-state index contributed by atoms with van der Waals surface area (Å²) < 4.78 is 22.0. The SMILES string of the molecule is CCCCOC=C(C)c1cccc(C(C)=COCCOCCOCCC)c1. The molecule has 0 saturated carbocycles. The number of ether oxygens (including phenoxy) is 4. The highest BCUT2D eigenvalue weighted by molar-refractivity contribution is 5.70. The van der Waals surface area contributed by atoms with Gasteiger partial charge in [-0.05, 0) is 55.0 Å². The van der Waals surface area contributed by atoms with Gasteiger partial charge >= 0.3 is 0 Å². The van der Waals surface area contributed by atoms with Crippen LogP contribution in [0.1, 0.15) is 58.1 Å². The summed E-state index contributed by atoms with van der Waals surface area (Å²) in [6.45, 7) is 12.3. The van der Waals surface area contributed by atoms with Crippen LogP contribution < -0.4 is 0 Å². The van der Waals surface area contributed by atoms with Crippen molar-refractivity contribution in [2.24, 2.45) is 0 Å². The van der Waals surface area contributed by atoms with Crippen LogP contribution in [0, 0.1) is 0 Å².